The SMILES string of the molecule is C=CC(O)CN(CC(O)C=C)C(=O)OC(C)(C)C.CC(C)(C)OC(=O)N1CC=CC1.CC(C)(C)OC(=O)N1C[C@@H](O)[C@@H](O)C1.CC(C)(C)OC(=O)N1C[C@H](O)C=C[C@@H](O)C1.CC(C)(C)OC(=O)N1C[C@H](O)C=C[C@H](O)C1.CC(C)(C)OC(=O)N1C[C@H](O)C=C[C@H](O)C1.CC(C)(C)OC(=O)N1C[C@H](O)CC[C@@H](O)C1.OC1CCCO1.O[C@@H]1CCC[C@H](O)CC1.O[C@H]1CCC[C@H](O)CC1.[Br-].[CH-]=C.[Mg+2]. The van der Waals surface area contributed by atoms with Gasteiger partial charge in [0, 0.05) is 26.1 Å². The van der Waals surface area contributed by atoms with Gasteiger partial charge < -0.3 is 183 Å². The van der Waals surface area contributed by atoms with Crippen LogP contribution in [-0.4, -0.2) is 428 Å². The molecule has 39 nitrogen and oxygen atoms in total. The molecule has 2 saturated carbocycles. The van der Waals surface area contributed by atoms with Crippen molar-refractivity contribution >= 4 is 65.7 Å². The van der Waals surface area contributed by atoms with E-state index in [1.54, 1.807) is 130 Å². The van der Waals surface area contributed by atoms with Crippen molar-refractivity contribution in [3.8, 4) is 0 Å². The number of likely N-dealkylation sites (tertiary alicyclic amines) is 2. The number of aliphatic hydroxyl groups excluding tert-OH is 17. The number of β-amino-alcohol motifs (C(OH)–C–C–N with tert-alkyl or cyclic N) is 10. The number of amides is 7. The van der Waals surface area contributed by atoms with Crippen molar-refractivity contribution in [3.63, 3.8) is 0 Å². The molecule has 0 aromatic carbocycles. The van der Waals surface area contributed by atoms with Crippen LogP contribution >= 0.6 is 0 Å². The van der Waals surface area contributed by atoms with Gasteiger partial charge in [-0.1, -0.05) is 60.8 Å². The first-order valence-electron chi connectivity index (χ1n) is 46.0. The maximum atomic E-state index is 11.9. The van der Waals surface area contributed by atoms with Gasteiger partial charge in [0.1, 0.15) is 39.2 Å². The molecule has 2 aliphatic carbocycles. The Balaban J connectivity index is -0.000000716. The molecular formula is C95H172BrMgN7O32. The zero-order valence-corrected chi connectivity index (χ0v) is 87.7. The second-order valence-corrected chi connectivity index (χ2v) is 40.5. The summed E-state index contributed by atoms with van der Waals surface area (Å²) < 4.78 is 40.8. The summed E-state index contributed by atoms with van der Waals surface area (Å²) >= 11 is 0. The fourth-order valence-corrected chi connectivity index (χ4v) is 12.2. The summed E-state index contributed by atoms with van der Waals surface area (Å²) in [6, 6.07) is 0. The van der Waals surface area contributed by atoms with Crippen LogP contribution in [-0.2, 0) is 37.9 Å². The third-order valence-electron chi connectivity index (χ3n) is 18.5. The van der Waals surface area contributed by atoms with Crippen molar-refractivity contribution in [2.75, 3.05) is 98.2 Å². The largest absolute Gasteiger partial charge is 2.00 e. The average molecular weight is 2030 g/mol. The van der Waals surface area contributed by atoms with Gasteiger partial charge in [-0.2, -0.15) is 0 Å². The Morgan fingerprint density at radius 3 is 0.750 bits per heavy atom. The van der Waals surface area contributed by atoms with E-state index in [0.29, 0.717) is 25.9 Å². The van der Waals surface area contributed by atoms with E-state index in [9.17, 15) is 94.8 Å². The molecule has 7 aliphatic heterocycles. The summed E-state index contributed by atoms with van der Waals surface area (Å²) in [5, 5.41) is 158. The smallest absolute Gasteiger partial charge is 1.00 e. The topological polar surface area (TPSA) is 560 Å². The number of rotatable bonds is 6. The average Bonchev–Trinajstić information content (AvgIpc) is 1.71. The predicted molar refractivity (Wildman–Crippen MR) is 510 cm³/mol. The summed E-state index contributed by atoms with van der Waals surface area (Å²) in [6.07, 6.45) is 13.3. The van der Waals surface area contributed by atoms with Crippen LogP contribution in [0.5, 0.6) is 0 Å². The summed E-state index contributed by atoms with van der Waals surface area (Å²) in [5.41, 5.74) is -3.85. The molecule has 41 heteroatoms. The molecule has 0 spiro atoms. The summed E-state index contributed by atoms with van der Waals surface area (Å²) in [7, 11) is 0. The van der Waals surface area contributed by atoms with Crippen LogP contribution in [0.1, 0.15) is 235 Å². The molecule has 0 aromatic heterocycles. The molecule has 788 valence electrons. The molecular weight excluding hydrogens is 1860 g/mol. The number of ether oxygens (including phenoxy) is 8. The summed E-state index contributed by atoms with van der Waals surface area (Å²) in [5.74, 6) is 0. The van der Waals surface area contributed by atoms with Gasteiger partial charge in [0.25, 0.3) is 0 Å². The Hall–Kier alpha value is -6.40. The standard InChI is InChI=1S/C13H23NO4.C11H21NO4.3C11H19NO4.C9H17NO4.C9H15NO2.2C7H14O2.C4H8O2.C2H3.BrH.Mg/c1-6-10(15)8-14(9-11(16)7-2)12(17)18-13(3,4)5;4*1-11(2,3)16-10(15)12-6-8(13)4-5-9(14)7-12;1-9(2,3)14-8(13)10-4-6(11)7(12)5-10;1-9(2,3)12-8(11)10-6-4-5-7-10;2*8-6-2-1-3-7(9)5-4-6;5-4-2-1-3-6-4;1-2;;/h6-7,10-11,15-16H,1-2,8-9H2,3-5H3;8-9,13-14H,4-7H2,1-3H3;3*4-5,8-9,13-14H,6-7H2,1-3H3;6-7,11-12H,4-5H2,1-3H3;4-5H,6-7H2,1-3H3;2*6-9H,1-5H2;4-5H,1-3H2;1H,2H2;1H;/q;;;;;;;;;;-1;;+2/p-1/t;8-,9-;2*8-,9+;8-,9-;6-,7+;;6-,7+;6-,7-;;;;/m.1..1...0..../s1. The Labute approximate surface area is 834 Å². The van der Waals surface area contributed by atoms with Gasteiger partial charge in [-0.3, -0.25) is 6.58 Å². The van der Waals surface area contributed by atoms with E-state index in [1.807, 2.05) is 32.9 Å². The number of nitrogens with zero attached hydrogens (tertiary/aromatic N) is 7. The van der Waals surface area contributed by atoms with Crippen LogP contribution in [0.25, 0.3) is 0 Å². The number of halogens is 1. The van der Waals surface area contributed by atoms with Crippen molar-refractivity contribution in [1.29, 1.82) is 0 Å². The van der Waals surface area contributed by atoms with Crippen LogP contribution in [0.2, 0.25) is 0 Å². The number of carbonyl (C=O) groups is 7. The molecule has 136 heavy (non-hydrogen) atoms. The first-order chi connectivity index (χ1) is 61.5. The molecule has 0 bridgehead atoms. The number of hydrogen-bond acceptors (Lipinski definition) is 32. The van der Waals surface area contributed by atoms with E-state index in [4.69, 9.17) is 63.4 Å². The first kappa shape index (κ1) is 136. The van der Waals surface area contributed by atoms with E-state index >= 15 is 0 Å². The Bertz CT molecular complexity index is 3150. The quantitative estimate of drug-likeness (QED) is 0.0586. The first-order valence-corrected chi connectivity index (χ1v) is 46.0. The number of aliphatic hydroxyl groups is 17. The van der Waals surface area contributed by atoms with Crippen LogP contribution < -0.4 is 17.0 Å². The summed E-state index contributed by atoms with van der Waals surface area (Å²) in [4.78, 5) is 91.0. The van der Waals surface area contributed by atoms with Gasteiger partial charge in [0.05, 0.1) is 176 Å². The normalized spacial score (nSPS) is 25.4. The minimum absolute atomic E-state index is 0. The maximum Gasteiger partial charge on any atom is 2.00 e. The zero-order valence-electron chi connectivity index (χ0n) is 84.7. The second-order valence-electron chi connectivity index (χ2n) is 40.5. The fraction of sp³-hybridized carbons (Fsp3) is 0.779. The molecule has 7 heterocycles. The molecule has 17 atom stereocenters. The van der Waals surface area contributed by atoms with Crippen molar-refractivity contribution in [3.05, 3.63) is 87.1 Å². The van der Waals surface area contributed by atoms with Crippen molar-refractivity contribution in [1.82, 2.24) is 34.3 Å². The van der Waals surface area contributed by atoms with Gasteiger partial charge >= 0.3 is 65.7 Å². The van der Waals surface area contributed by atoms with E-state index in [-0.39, 0.29) is 155 Å². The molecule has 17 N–H and O–H groups in total. The van der Waals surface area contributed by atoms with Crippen LogP contribution in [0.3, 0.4) is 0 Å². The number of hydrogen-bond donors (Lipinski definition) is 17. The summed E-state index contributed by atoms with van der Waals surface area (Å²) in [6.45, 7) is 55.0. The van der Waals surface area contributed by atoms with E-state index in [0.717, 1.165) is 83.7 Å². The van der Waals surface area contributed by atoms with Gasteiger partial charge in [-0.05, 0) is 229 Å². The third-order valence-corrected chi connectivity index (χ3v) is 18.5. The van der Waals surface area contributed by atoms with Crippen molar-refractivity contribution in [2.45, 2.75) is 378 Å². The Morgan fingerprint density at radius 1 is 0.338 bits per heavy atom. The molecule has 5 fully saturated rings. The Kier molecular flexibility index (Phi) is 67.8. The van der Waals surface area contributed by atoms with E-state index < -0.39 is 150 Å². The second kappa shape index (κ2) is 67.9. The third kappa shape index (κ3) is 71.9. The fourth-order valence-electron chi connectivity index (χ4n) is 12.2. The van der Waals surface area contributed by atoms with Crippen molar-refractivity contribution in [2.24, 2.45) is 0 Å². The molecule has 9 aliphatic rings. The van der Waals surface area contributed by atoms with Crippen LogP contribution in [0.4, 0.5) is 33.6 Å². The van der Waals surface area contributed by atoms with Crippen LogP contribution in [0, 0.1) is 6.58 Å². The number of carbonyl (C=O) groups excluding carboxylic acids is 7. The minimum Gasteiger partial charge on any atom is -1.00 e. The Morgan fingerprint density at radius 2 is 0.551 bits per heavy atom. The van der Waals surface area contributed by atoms with Gasteiger partial charge in [-0.25, -0.2) is 33.6 Å². The predicted octanol–water partition coefficient (Wildman–Crippen LogP) is 4.04. The molecule has 7 amide bonds. The van der Waals surface area contributed by atoms with Gasteiger partial charge in [-0.15, -0.1) is 13.2 Å². The monoisotopic (exact) mass is 2030 g/mol. The van der Waals surface area contributed by atoms with E-state index in [1.165, 1.54) is 78.0 Å². The van der Waals surface area contributed by atoms with E-state index in [2.05, 4.69) is 26.3 Å². The molecule has 0 radical (unpaired) electrons. The van der Waals surface area contributed by atoms with Crippen LogP contribution in [0.15, 0.2) is 80.5 Å². The van der Waals surface area contributed by atoms with Crippen molar-refractivity contribution < 1.29 is 175 Å². The minimum atomic E-state index is -0.866. The molecule has 3 saturated heterocycles. The molecule has 3 unspecified atom stereocenters. The molecule has 9 rings (SSSR count). The van der Waals surface area contributed by atoms with Gasteiger partial charge in [0.2, 0.25) is 0 Å². The zero-order chi connectivity index (χ0) is 104. The molecule has 0 aromatic rings. The van der Waals surface area contributed by atoms with Gasteiger partial charge in [0.15, 0.2) is 6.29 Å². The maximum absolute atomic E-state index is 11.9.